The fourth-order valence-electron chi connectivity index (χ4n) is 2.50. The van der Waals surface area contributed by atoms with Crippen LogP contribution >= 0.6 is 15.9 Å². The van der Waals surface area contributed by atoms with Gasteiger partial charge in [-0.3, -0.25) is 4.79 Å². The molecule has 1 fully saturated rings. The number of benzene rings is 1. The summed E-state index contributed by atoms with van der Waals surface area (Å²) in [6.45, 7) is 8.53. The first-order valence-corrected chi connectivity index (χ1v) is 8.11. The van der Waals surface area contributed by atoms with Crippen LogP contribution in [0.4, 0.5) is 0 Å². The minimum atomic E-state index is 0.0920. The summed E-state index contributed by atoms with van der Waals surface area (Å²) in [5.41, 5.74) is 2.69. The maximum absolute atomic E-state index is 12.6. The van der Waals surface area contributed by atoms with E-state index in [0.29, 0.717) is 26.3 Å². The molecule has 0 radical (unpaired) electrons. The van der Waals surface area contributed by atoms with Gasteiger partial charge in [0.1, 0.15) is 0 Å². The lowest BCUT2D eigenvalue weighted by molar-refractivity contribution is 0.0303. The molecule has 114 valence electrons. The fourth-order valence-corrected chi connectivity index (χ4v) is 2.87. The molecule has 1 aliphatic heterocycles. The number of ether oxygens (including phenoxy) is 1. The number of aryl methyl sites for hydroxylation is 1. The second kappa shape index (κ2) is 7.09. The van der Waals surface area contributed by atoms with Crippen LogP contribution in [0, 0.1) is 6.92 Å². The molecule has 1 aromatic heterocycles. The minimum absolute atomic E-state index is 0.0920. The third-order valence-corrected chi connectivity index (χ3v) is 3.95. The van der Waals surface area contributed by atoms with Crippen molar-refractivity contribution in [2.45, 2.75) is 20.8 Å². The van der Waals surface area contributed by atoms with Crippen molar-refractivity contribution in [1.82, 2.24) is 9.88 Å². The molecule has 1 saturated heterocycles. The van der Waals surface area contributed by atoms with Gasteiger partial charge < -0.3 is 14.6 Å². The van der Waals surface area contributed by atoms with Crippen LogP contribution < -0.4 is 0 Å². The second-order valence-electron chi connectivity index (χ2n) is 4.72. The second-order valence-corrected chi connectivity index (χ2v) is 5.64. The van der Waals surface area contributed by atoms with Crippen molar-refractivity contribution >= 4 is 32.7 Å². The van der Waals surface area contributed by atoms with Gasteiger partial charge in [0, 0.05) is 34.2 Å². The van der Waals surface area contributed by atoms with Gasteiger partial charge in [-0.15, -0.1) is 0 Å². The Morgan fingerprint density at radius 1 is 1.29 bits per heavy atom. The summed E-state index contributed by atoms with van der Waals surface area (Å²) in [5, 5.41) is 0.984. The molecule has 0 bridgehead atoms. The Labute approximate surface area is 133 Å². The third-order valence-electron chi connectivity index (χ3n) is 3.46. The molecule has 3 rings (SSSR count). The van der Waals surface area contributed by atoms with Crippen molar-refractivity contribution in [3.05, 3.63) is 33.9 Å². The van der Waals surface area contributed by atoms with Crippen LogP contribution in [0.3, 0.4) is 0 Å². The zero-order chi connectivity index (χ0) is 15.4. The summed E-state index contributed by atoms with van der Waals surface area (Å²) in [7, 11) is 0. The van der Waals surface area contributed by atoms with E-state index in [1.165, 1.54) is 0 Å². The van der Waals surface area contributed by atoms with Gasteiger partial charge in [0.2, 0.25) is 0 Å². The lowest BCUT2D eigenvalue weighted by atomic mass is 10.1. The number of aromatic amines is 1. The van der Waals surface area contributed by atoms with Gasteiger partial charge >= 0.3 is 0 Å². The molecule has 0 aliphatic carbocycles. The predicted octanol–water partition coefficient (Wildman–Crippen LogP) is 3.74. The lowest BCUT2D eigenvalue weighted by Crippen LogP contribution is -2.40. The Morgan fingerprint density at radius 2 is 1.95 bits per heavy atom. The first kappa shape index (κ1) is 16.0. The molecule has 1 aliphatic rings. The molecule has 0 unspecified atom stereocenters. The van der Waals surface area contributed by atoms with E-state index in [1.54, 1.807) is 0 Å². The predicted molar refractivity (Wildman–Crippen MR) is 88.8 cm³/mol. The van der Waals surface area contributed by atoms with Gasteiger partial charge in [-0.05, 0) is 19.1 Å². The molecule has 1 amide bonds. The molecule has 2 heterocycles. The average Bonchev–Trinajstić information content (AvgIpc) is 2.84. The summed E-state index contributed by atoms with van der Waals surface area (Å²) < 4.78 is 6.30. The van der Waals surface area contributed by atoms with E-state index in [9.17, 15) is 4.79 Å². The zero-order valence-corrected chi connectivity index (χ0v) is 14.3. The molecule has 21 heavy (non-hydrogen) atoms. The van der Waals surface area contributed by atoms with Crippen LogP contribution in [0.15, 0.2) is 22.7 Å². The highest BCUT2D eigenvalue weighted by molar-refractivity contribution is 9.10. The highest BCUT2D eigenvalue weighted by Gasteiger charge is 2.23. The number of carbonyl (C=O) groups is 1. The van der Waals surface area contributed by atoms with Crippen molar-refractivity contribution < 1.29 is 9.53 Å². The van der Waals surface area contributed by atoms with E-state index in [-0.39, 0.29) is 5.91 Å². The van der Waals surface area contributed by atoms with Crippen molar-refractivity contribution in [2.24, 2.45) is 0 Å². The number of fused-ring (bicyclic) bond motifs is 1. The number of amides is 1. The Hall–Kier alpha value is -1.33. The zero-order valence-electron chi connectivity index (χ0n) is 12.7. The SMILES string of the molecule is CC.Cc1[nH]c2cc(Br)ccc2c1C(=O)N1CCOCC1. The van der Waals surface area contributed by atoms with Crippen molar-refractivity contribution in [2.75, 3.05) is 26.3 Å². The Kier molecular flexibility index (Phi) is 5.42. The first-order valence-electron chi connectivity index (χ1n) is 7.31. The van der Waals surface area contributed by atoms with E-state index in [1.807, 2.05) is 43.9 Å². The Balaban J connectivity index is 0.000000774. The van der Waals surface area contributed by atoms with Crippen LogP contribution in [-0.4, -0.2) is 42.1 Å². The standard InChI is InChI=1S/C14H15BrN2O2.C2H6/c1-9-13(14(18)17-4-6-19-7-5-17)11-3-2-10(15)8-12(11)16-9;1-2/h2-3,8,16H,4-7H2,1H3;1-2H3. The van der Waals surface area contributed by atoms with Gasteiger partial charge in [0.15, 0.2) is 0 Å². The van der Waals surface area contributed by atoms with Crippen LogP contribution in [-0.2, 0) is 4.74 Å². The van der Waals surface area contributed by atoms with Gasteiger partial charge in [0.25, 0.3) is 5.91 Å². The average molecular weight is 353 g/mol. The number of H-pyrrole nitrogens is 1. The maximum Gasteiger partial charge on any atom is 0.256 e. The summed E-state index contributed by atoms with van der Waals surface area (Å²) >= 11 is 3.45. The van der Waals surface area contributed by atoms with E-state index < -0.39 is 0 Å². The number of halogens is 1. The van der Waals surface area contributed by atoms with Crippen LogP contribution in [0.1, 0.15) is 29.9 Å². The van der Waals surface area contributed by atoms with Crippen molar-refractivity contribution in [1.29, 1.82) is 0 Å². The number of morpholine rings is 1. The number of hydrogen-bond donors (Lipinski definition) is 1. The molecular weight excluding hydrogens is 332 g/mol. The normalized spacial score (nSPS) is 14.8. The summed E-state index contributed by atoms with van der Waals surface area (Å²) in [4.78, 5) is 17.8. The maximum atomic E-state index is 12.6. The lowest BCUT2D eigenvalue weighted by Gasteiger charge is -2.27. The molecule has 5 heteroatoms. The number of carbonyl (C=O) groups excluding carboxylic acids is 1. The smallest absolute Gasteiger partial charge is 0.256 e. The number of nitrogens with one attached hydrogen (secondary N) is 1. The Bertz CT molecular complexity index is 630. The first-order chi connectivity index (χ1) is 10.2. The molecule has 1 aromatic carbocycles. The molecule has 4 nitrogen and oxygen atoms in total. The van der Waals surface area contributed by atoms with Gasteiger partial charge in [0.05, 0.1) is 18.8 Å². The molecule has 2 aromatic rings. The van der Waals surface area contributed by atoms with E-state index in [4.69, 9.17) is 4.74 Å². The number of hydrogen-bond acceptors (Lipinski definition) is 2. The molecular formula is C16H21BrN2O2. The van der Waals surface area contributed by atoms with Gasteiger partial charge in [-0.25, -0.2) is 0 Å². The number of rotatable bonds is 1. The molecule has 1 N–H and O–H groups in total. The Morgan fingerprint density at radius 3 is 2.62 bits per heavy atom. The highest BCUT2D eigenvalue weighted by atomic mass is 79.9. The minimum Gasteiger partial charge on any atom is -0.378 e. The van der Waals surface area contributed by atoms with Gasteiger partial charge in [-0.1, -0.05) is 35.8 Å². The molecule has 0 saturated carbocycles. The van der Waals surface area contributed by atoms with Crippen LogP contribution in [0.5, 0.6) is 0 Å². The fraction of sp³-hybridized carbons (Fsp3) is 0.438. The third kappa shape index (κ3) is 3.30. The van der Waals surface area contributed by atoms with Crippen LogP contribution in [0.2, 0.25) is 0 Å². The largest absolute Gasteiger partial charge is 0.378 e. The van der Waals surface area contributed by atoms with Gasteiger partial charge in [-0.2, -0.15) is 0 Å². The quantitative estimate of drug-likeness (QED) is 0.849. The van der Waals surface area contributed by atoms with E-state index in [0.717, 1.165) is 26.6 Å². The van der Waals surface area contributed by atoms with Crippen molar-refractivity contribution in [3.8, 4) is 0 Å². The number of nitrogens with zero attached hydrogens (tertiary/aromatic N) is 1. The van der Waals surface area contributed by atoms with E-state index >= 15 is 0 Å². The number of aromatic nitrogens is 1. The topological polar surface area (TPSA) is 45.3 Å². The van der Waals surface area contributed by atoms with Crippen molar-refractivity contribution in [3.63, 3.8) is 0 Å². The molecule has 0 atom stereocenters. The summed E-state index contributed by atoms with van der Waals surface area (Å²) in [6, 6.07) is 5.95. The summed E-state index contributed by atoms with van der Waals surface area (Å²) in [6.07, 6.45) is 0. The van der Waals surface area contributed by atoms with Crippen LogP contribution in [0.25, 0.3) is 10.9 Å². The monoisotopic (exact) mass is 352 g/mol. The van der Waals surface area contributed by atoms with E-state index in [2.05, 4.69) is 20.9 Å². The highest BCUT2D eigenvalue weighted by Crippen LogP contribution is 2.26. The molecule has 0 spiro atoms. The summed E-state index contributed by atoms with van der Waals surface area (Å²) in [5.74, 6) is 0.0920.